The Kier molecular flexibility index (Phi) is 6.82. The maximum Gasteiger partial charge on any atom is 0.338 e. The molecule has 4 rings (SSSR count). The van der Waals surface area contributed by atoms with E-state index in [-0.39, 0.29) is 11.9 Å². The van der Waals surface area contributed by atoms with E-state index in [0.29, 0.717) is 33.7 Å². The summed E-state index contributed by atoms with van der Waals surface area (Å²) in [6.45, 7) is 2.09. The number of hydrogen-bond donors (Lipinski definition) is 0. The Labute approximate surface area is 194 Å². The molecule has 8 heteroatoms. The maximum atomic E-state index is 12.7. The summed E-state index contributed by atoms with van der Waals surface area (Å²) < 4.78 is 10.8. The summed E-state index contributed by atoms with van der Waals surface area (Å²) in [6.07, 6.45) is 1.73. The zero-order valence-corrected chi connectivity index (χ0v) is 19.1. The Bertz CT molecular complexity index is 1180. The van der Waals surface area contributed by atoms with Gasteiger partial charge in [-0.05, 0) is 67.2 Å². The number of ether oxygens (including phenoxy) is 1. The second-order valence-electron chi connectivity index (χ2n) is 6.71. The molecule has 2 heterocycles. The van der Waals surface area contributed by atoms with Crippen LogP contribution in [-0.4, -0.2) is 35.6 Å². The number of aliphatic imine (C=N–C) groups is 1. The average molecular weight is 465 g/mol. The minimum absolute atomic E-state index is 0.148. The number of nitrogens with zero attached hydrogens (tertiary/aromatic N) is 2. The van der Waals surface area contributed by atoms with Crippen molar-refractivity contribution in [2.24, 2.45) is 4.99 Å². The Morgan fingerprint density at radius 2 is 1.88 bits per heavy atom. The van der Waals surface area contributed by atoms with Crippen LogP contribution in [0.3, 0.4) is 0 Å². The minimum Gasteiger partial charge on any atom is -0.462 e. The highest BCUT2D eigenvalue weighted by molar-refractivity contribution is 8.18. The summed E-state index contributed by atoms with van der Waals surface area (Å²) in [4.78, 5) is 32.1. The van der Waals surface area contributed by atoms with Gasteiger partial charge in [-0.25, -0.2) is 9.79 Å². The fourth-order valence-corrected chi connectivity index (χ4v) is 4.62. The van der Waals surface area contributed by atoms with Crippen LogP contribution in [0.1, 0.15) is 23.0 Å². The first-order chi connectivity index (χ1) is 15.5. The van der Waals surface area contributed by atoms with Gasteiger partial charge >= 0.3 is 5.97 Å². The molecular weight excluding hydrogens is 444 g/mol. The molecule has 1 fully saturated rings. The van der Waals surface area contributed by atoms with E-state index < -0.39 is 0 Å². The Morgan fingerprint density at radius 1 is 1.12 bits per heavy atom. The number of esters is 1. The number of carbonyl (C=O) groups excluding carboxylic acids is 2. The van der Waals surface area contributed by atoms with Crippen LogP contribution in [0.5, 0.6) is 0 Å². The van der Waals surface area contributed by atoms with Gasteiger partial charge in [0.1, 0.15) is 5.76 Å². The van der Waals surface area contributed by atoms with Gasteiger partial charge in [-0.1, -0.05) is 30.0 Å². The van der Waals surface area contributed by atoms with Crippen LogP contribution in [0.4, 0.5) is 5.69 Å². The first-order valence-electron chi connectivity index (χ1n) is 9.89. The molecule has 1 aliphatic rings. The van der Waals surface area contributed by atoms with Crippen LogP contribution in [0.2, 0.25) is 0 Å². The lowest BCUT2D eigenvalue weighted by molar-refractivity contribution is -0.121. The molecule has 32 heavy (non-hydrogen) atoms. The molecule has 1 aromatic heterocycles. The van der Waals surface area contributed by atoms with Gasteiger partial charge < -0.3 is 9.15 Å². The van der Waals surface area contributed by atoms with Gasteiger partial charge in [0, 0.05) is 18.0 Å². The Hall–Kier alpha value is -3.23. The average Bonchev–Trinajstić information content (AvgIpc) is 3.35. The lowest BCUT2D eigenvalue weighted by Crippen LogP contribution is -2.23. The summed E-state index contributed by atoms with van der Waals surface area (Å²) in [7, 11) is 1.68. The van der Waals surface area contributed by atoms with E-state index in [4.69, 9.17) is 9.15 Å². The van der Waals surface area contributed by atoms with Gasteiger partial charge in [0.05, 0.1) is 22.8 Å². The standard InChI is InChI=1S/C24H20N2O4S2/c1-3-29-23(28)16-9-11-17(12-10-16)25-24-26(2)22(27)20(32-24)15-18-13-14-21(30-18)31-19-7-5-4-6-8-19/h4-15H,3H2,1-2H3. The predicted octanol–water partition coefficient (Wildman–Crippen LogP) is 5.84. The van der Waals surface area contributed by atoms with Crippen molar-refractivity contribution in [2.45, 2.75) is 16.9 Å². The summed E-state index contributed by atoms with van der Waals surface area (Å²) in [5.41, 5.74) is 1.10. The second-order valence-corrected chi connectivity index (χ2v) is 8.80. The van der Waals surface area contributed by atoms with E-state index in [1.807, 2.05) is 42.5 Å². The largest absolute Gasteiger partial charge is 0.462 e. The summed E-state index contributed by atoms with van der Waals surface area (Å²) in [5.74, 6) is 0.0842. The van der Waals surface area contributed by atoms with Crippen molar-refractivity contribution in [2.75, 3.05) is 13.7 Å². The maximum absolute atomic E-state index is 12.7. The third-order valence-corrected chi connectivity index (χ3v) is 6.43. The predicted molar refractivity (Wildman–Crippen MR) is 127 cm³/mol. The number of amidine groups is 1. The molecule has 2 aromatic carbocycles. The van der Waals surface area contributed by atoms with E-state index in [2.05, 4.69) is 4.99 Å². The number of likely N-dealkylation sites (N-methyl/N-ethyl adjacent to an activating group) is 1. The van der Waals surface area contributed by atoms with Gasteiger partial charge in [-0.3, -0.25) is 9.69 Å². The Morgan fingerprint density at radius 3 is 2.59 bits per heavy atom. The highest BCUT2D eigenvalue weighted by Gasteiger charge is 2.30. The second kappa shape index (κ2) is 9.93. The highest BCUT2D eigenvalue weighted by atomic mass is 32.2. The topological polar surface area (TPSA) is 72.1 Å². The van der Waals surface area contributed by atoms with Gasteiger partial charge in [0.2, 0.25) is 0 Å². The first kappa shape index (κ1) is 22.0. The van der Waals surface area contributed by atoms with Gasteiger partial charge in [-0.2, -0.15) is 0 Å². The van der Waals surface area contributed by atoms with Crippen molar-refractivity contribution in [1.29, 1.82) is 0 Å². The molecule has 0 aliphatic carbocycles. The number of hydrogen-bond acceptors (Lipinski definition) is 7. The molecule has 1 amide bonds. The van der Waals surface area contributed by atoms with E-state index in [0.717, 1.165) is 9.99 Å². The number of furan rings is 1. The quantitative estimate of drug-likeness (QED) is 0.337. The molecule has 0 radical (unpaired) electrons. The monoisotopic (exact) mass is 464 g/mol. The van der Waals surface area contributed by atoms with Crippen molar-refractivity contribution in [3.8, 4) is 0 Å². The first-order valence-corrected chi connectivity index (χ1v) is 11.5. The fraction of sp³-hybridized carbons (Fsp3) is 0.125. The molecular formula is C24H20N2O4S2. The molecule has 0 unspecified atom stereocenters. The zero-order valence-electron chi connectivity index (χ0n) is 17.5. The van der Waals surface area contributed by atoms with Crippen molar-refractivity contribution >= 4 is 52.3 Å². The van der Waals surface area contributed by atoms with E-state index in [9.17, 15) is 9.59 Å². The third-order valence-electron chi connectivity index (χ3n) is 4.44. The fourth-order valence-electron chi connectivity index (χ4n) is 2.85. The van der Waals surface area contributed by atoms with Gasteiger partial charge in [-0.15, -0.1) is 0 Å². The van der Waals surface area contributed by atoms with Crippen LogP contribution in [-0.2, 0) is 9.53 Å². The summed E-state index contributed by atoms with van der Waals surface area (Å²) in [6, 6.07) is 20.4. The zero-order chi connectivity index (χ0) is 22.5. The minimum atomic E-state index is -0.372. The molecule has 6 nitrogen and oxygen atoms in total. The number of rotatable bonds is 6. The van der Waals surface area contributed by atoms with Crippen molar-refractivity contribution in [3.05, 3.63) is 83.0 Å². The van der Waals surface area contributed by atoms with Crippen LogP contribution in [0.15, 0.2) is 91.0 Å². The summed E-state index contributed by atoms with van der Waals surface area (Å²) >= 11 is 2.80. The third kappa shape index (κ3) is 5.15. The molecule has 3 aromatic rings. The van der Waals surface area contributed by atoms with Crippen molar-refractivity contribution < 1.29 is 18.7 Å². The lowest BCUT2D eigenvalue weighted by Gasteiger charge is -2.07. The molecule has 0 saturated carbocycles. The lowest BCUT2D eigenvalue weighted by atomic mass is 10.2. The van der Waals surface area contributed by atoms with E-state index in [1.54, 1.807) is 44.3 Å². The van der Waals surface area contributed by atoms with Crippen LogP contribution >= 0.6 is 23.5 Å². The molecule has 0 N–H and O–H groups in total. The molecule has 0 bridgehead atoms. The van der Waals surface area contributed by atoms with Gasteiger partial charge in [0.15, 0.2) is 10.3 Å². The van der Waals surface area contributed by atoms with E-state index >= 15 is 0 Å². The highest BCUT2D eigenvalue weighted by Crippen LogP contribution is 2.35. The van der Waals surface area contributed by atoms with Crippen molar-refractivity contribution in [3.63, 3.8) is 0 Å². The smallest absolute Gasteiger partial charge is 0.338 e. The molecule has 0 spiro atoms. The van der Waals surface area contributed by atoms with Crippen molar-refractivity contribution in [1.82, 2.24) is 4.90 Å². The van der Waals surface area contributed by atoms with Crippen LogP contribution in [0.25, 0.3) is 6.08 Å². The molecule has 162 valence electrons. The summed E-state index contributed by atoms with van der Waals surface area (Å²) in [5, 5.41) is 1.30. The molecule has 0 atom stereocenters. The Balaban J connectivity index is 1.48. The van der Waals surface area contributed by atoms with E-state index in [1.165, 1.54) is 28.4 Å². The number of benzene rings is 2. The number of carbonyl (C=O) groups is 2. The van der Waals surface area contributed by atoms with Crippen LogP contribution < -0.4 is 0 Å². The number of amides is 1. The normalized spacial score (nSPS) is 16.2. The number of thioether (sulfide) groups is 1. The SMILES string of the molecule is CCOC(=O)c1ccc(N=C2SC(=Cc3ccc(Sc4ccccc4)o3)C(=O)N2C)cc1. The molecule has 1 saturated heterocycles. The molecule has 1 aliphatic heterocycles. The van der Waals surface area contributed by atoms with Gasteiger partial charge in [0.25, 0.3) is 5.91 Å². The van der Waals surface area contributed by atoms with Crippen LogP contribution in [0, 0.1) is 0 Å².